The summed E-state index contributed by atoms with van der Waals surface area (Å²) in [7, 11) is 0. The molecule has 2 rings (SSSR count). The maximum absolute atomic E-state index is 9.86. The molecule has 0 saturated heterocycles. The summed E-state index contributed by atoms with van der Waals surface area (Å²) in [6, 6.07) is 4.53. The number of hydrogen-bond donors (Lipinski definition) is 1. The van der Waals surface area contributed by atoms with Crippen molar-refractivity contribution in [3.63, 3.8) is 0 Å². The van der Waals surface area contributed by atoms with Gasteiger partial charge in [0.1, 0.15) is 0 Å². The highest BCUT2D eigenvalue weighted by molar-refractivity contribution is 5.70. The molecule has 17 heavy (non-hydrogen) atoms. The lowest BCUT2D eigenvalue weighted by atomic mass is 9.93. The van der Waals surface area contributed by atoms with Crippen LogP contribution in [-0.2, 0) is 0 Å². The van der Waals surface area contributed by atoms with Crippen LogP contribution in [0.1, 0.15) is 47.9 Å². The average molecular weight is 230 g/mol. The second kappa shape index (κ2) is 5.05. The maximum atomic E-state index is 9.86. The summed E-state index contributed by atoms with van der Waals surface area (Å²) in [4.78, 5) is 0. The standard InChI is InChI=1S/C16H22O/c1-11-8-13(3)16(9-12(11)2)14-6-4-5-7-15(17)10-14/h8-10,15,17H,4-7H2,1-3H3. The Morgan fingerprint density at radius 3 is 2.47 bits per heavy atom. The number of aryl methyl sites for hydroxylation is 3. The molecule has 1 aromatic carbocycles. The smallest absolute Gasteiger partial charge is 0.0726 e. The van der Waals surface area contributed by atoms with Gasteiger partial charge in [0.2, 0.25) is 0 Å². The van der Waals surface area contributed by atoms with Gasteiger partial charge in [0.15, 0.2) is 0 Å². The van der Waals surface area contributed by atoms with Crippen LogP contribution in [0.2, 0.25) is 0 Å². The van der Waals surface area contributed by atoms with Crippen molar-refractivity contribution >= 4 is 5.57 Å². The van der Waals surface area contributed by atoms with E-state index in [9.17, 15) is 5.11 Å². The van der Waals surface area contributed by atoms with Gasteiger partial charge in [-0.05, 0) is 67.9 Å². The van der Waals surface area contributed by atoms with Gasteiger partial charge >= 0.3 is 0 Å². The molecule has 0 aromatic heterocycles. The van der Waals surface area contributed by atoms with Gasteiger partial charge in [-0.1, -0.05) is 24.6 Å². The van der Waals surface area contributed by atoms with E-state index < -0.39 is 0 Å². The first kappa shape index (κ1) is 12.4. The molecule has 1 atom stereocenters. The van der Waals surface area contributed by atoms with E-state index in [1.54, 1.807) is 0 Å². The molecule has 0 aliphatic heterocycles. The van der Waals surface area contributed by atoms with Crippen LogP contribution >= 0.6 is 0 Å². The van der Waals surface area contributed by atoms with Crippen LogP contribution in [0.15, 0.2) is 18.2 Å². The minimum Gasteiger partial charge on any atom is -0.389 e. The molecule has 1 unspecified atom stereocenters. The highest BCUT2D eigenvalue weighted by atomic mass is 16.3. The Morgan fingerprint density at radius 2 is 1.71 bits per heavy atom. The summed E-state index contributed by atoms with van der Waals surface area (Å²) in [5.41, 5.74) is 6.67. The highest BCUT2D eigenvalue weighted by Crippen LogP contribution is 2.29. The zero-order valence-electron chi connectivity index (χ0n) is 11.1. The summed E-state index contributed by atoms with van der Waals surface area (Å²) in [5.74, 6) is 0. The van der Waals surface area contributed by atoms with Crippen molar-refractivity contribution in [1.82, 2.24) is 0 Å². The van der Waals surface area contributed by atoms with Crippen LogP contribution < -0.4 is 0 Å². The predicted molar refractivity (Wildman–Crippen MR) is 73.1 cm³/mol. The topological polar surface area (TPSA) is 20.2 Å². The van der Waals surface area contributed by atoms with Crippen LogP contribution in [0, 0.1) is 20.8 Å². The minimum absolute atomic E-state index is 0.256. The first-order valence-electron chi connectivity index (χ1n) is 6.55. The van der Waals surface area contributed by atoms with Gasteiger partial charge in [-0.15, -0.1) is 0 Å². The zero-order valence-corrected chi connectivity index (χ0v) is 11.1. The molecule has 0 radical (unpaired) electrons. The molecule has 1 N–H and O–H groups in total. The largest absolute Gasteiger partial charge is 0.389 e. The summed E-state index contributed by atoms with van der Waals surface area (Å²) in [6.45, 7) is 6.48. The summed E-state index contributed by atoms with van der Waals surface area (Å²) in [5, 5.41) is 9.86. The molecule has 0 amide bonds. The lowest BCUT2D eigenvalue weighted by Gasteiger charge is -2.13. The van der Waals surface area contributed by atoms with Crippen molar-refractivity contribution in [1.29, 1.82) is 0 Å². The van der Waals surface area contributed by atoms with Crippen molar-refractivity contribution in [2.24, 2.45) is 0 Å². The van der Waals surface area contributed by atoms with Crippen molar-refractivity contribution in [3.05, 3.63) is 40.5 Å². The fourth-order valence-electron chi connectivity index (χ4n) is 2.60. The molecular weight excluding hydrogens is 208 g/mol. The first-order chi connectivity index (χ1) is 8.08. The van der Waals surface area contributed by atoms with Crippen LogP contribution in [0.4, 0.5) is 0 Å². The molecule has 0 saturated carbocycles. The van der Waals surface area contributed by atoms with Crippen LogP contribution in [0.5, 0.6) is 0 Å². The van der Waals surface area contributed by atoms with Crippen LogP contribution in [0.25, 0.3) is 5.57 Å². The molecule has 0 heterocycles. The van der Waals surface area contributed by atoms with E-state index in [1.165, 1.54) is 34.2 Å². The third-order valence-electron chi connectivity index (χ3n) is 3.78. The zero-order chi connectivity index (χ0) is 12.4. The average Bonchev–Trinajstić information content (AvgIpc) is 2.48. The van der Waals surface area contributed by atoms with E-state index in [1.807, 2.05) is 0 Å². The van der Waals surface area contributed by atoms with Crippen LogP contribution in [-0.4, -0.2) is 11.2 Å². The van der Waals surface area contributed by atoms with Crippen LogP contribution in [0.3, 0.4) is 0 Å². The second-order valence-corrected chi connectivity index (χ2v) is 5.26. The minimum atomic E-state index is -0.256. The van der Waals surface area contributed by atoms with Crippen molar-refractivity contribution < 1.29 is 5.11 Å². The van der Waals surface area contributed by atoms with E-state index >= 15 is 0 Å². The predicted octanol–water partition coefficient (Wildman–Crippen LogP) is 3.93. The summed E-state index contributed by atoms with van der Waals surface area (Å²) in [6.07, 6.45) is 6.13. The third kappa shape index (κ3) is 2.78. The van der Waals surface area contributed by atoms with Gasteiger partial charge in [-0.25, -0.2) is 0 Å². The number of rotatable bonds is 1. The summed E-state index contributed by atoms with van der Waals surface area (Å²) >= 11 is 0. The Labute approximate surface area is 104 Å². The molecule has 1 aliphatic carbocycles. The number of allylic oxidation sites excluding steroid dienone is 1. The van der Waals surface area contributed by atoms with E-state index in [4.69, 9.17) is 0 Å². The maximum Gasteiger partial charge on any atom is 0.0726 e. The molecule has 1 aliphatic rings. The van der Waals surface area contributed by atoms with Crippen molar-refractivity contribution in [3.8, 4) is 0 Å². The van der Waals surface area contributed by atoms with Gasteiger partial charge in [-0.2, -0.15) is 0 Å². The Kier molecular flexibility index (Phi) is 3.68. The molecule has 0 spiro atoms. The Bertz CT molecular complexity index is 443. The Hall–Kier alpha value is -1.08. The second-order valence-electron chi connectivity index (χ2n) is 5.26. The number of hydrogen-bond acceptors (Lipinski definition) is 1. The molecule has 1 heteroatoms. The first-order valence-corrected chi connectivity index (χ1v) is 6.55. The SMILES string of the molecule is Cc1cc(C)c(C2=CC(O)CCCC2)cc1C. The third-order valence-corrected chi connectivity index (χ3v) is 3.78. The van der Waals surface area contributed by atoms with E-state index in [-0.39, 0.29) is 6.10 Å². The quantitative estimate of drug-likeness (QED) is 0.775. The molecular formula is C16H22O. The van der Waals surface area contributed by atoms with Gasteiger partial charge in [-0.3, -0.25) is 0 Å². The van der Waals surface area contributed by atoms with Crippen molar-refractivity contribution in [2.75, 3.05) is 0 Å². The molecule has 92 valence electrons. The number of aliphatic hydroxyl groups is 1. The fourth-order valence-corrected chi connectivity index (χ4v) is 2.60. The van der Waals surface area contributed by atoms with Gasteiger partial charge in [0, 0.05) is 0 Å². The molecule has 1 nitrogen and oxygen atoms in total. The monoisotopic (exact) mass is 230 g/mol. The number of aliphatic hydroxyl groups excluding tert-OH is 1. The van der Waals surface area contributed by atoms with E-state index in [2.05, 4.69) is 39.0 Å². The molecule has 0 fully saturated rings. The number of benzene rings is 1. The van der Waals surface area contributed by atoms with Gasteiger partial charge in [0.25, 0.3) is 0 Å². The van der Waals surface area contributed by atoms with Gasteiger partial charge < -0.3 is 5.11 Å². The normalized spacial score (nSPS) is 20.9. The Morgan fingerprint density at radius 1 is 1.00 bits per heavy atom. The van der Waals surface area contributed by atoms with E-state index in [0.717, 1.165) is 19.3 Å². The Balaban J connectivity index is 2.42. The molecule has 0 bridgehead atoms. The highest BCUT2D eigenvalue weighted by Gasteiger charge is 2.13. The lowest BCUT2D eigenvalue weighted by Crippen LogP contribution is -2.01. The lowest BCUT2D eigenvalue weighted by molar-refractivity contribution is 0.211. The van der Waals surface area contributed by atoms with E-state index in [0.29, 0.717) is 0 Å². The summed E-state index contributed by atoms with van der Waals surface area (Å²) < 4.78 is 0. The van der Waals surface area contributed by atoms with Gasteiger partial charge in [0.05, 0.1) is 6.10 Å². The van der Waals surface area contributed by atoms with Crippen molar-refractivity contribution in [2.45, 2.75) is 52.6 Å². The fraction of sp³-hybridized carbons (Fsp3) is 0.500. The molecule has 1 aromatic rings.